The van der Waals surface area contributed by atoms with Gasteiger partial charge in [0.25, 0.3) is 0 Å². The van der Waals surface area contributed by atoms with E-state index in [0.717, 1.165) is 0 Å². The molecule has 1 amide bonds. The Bertz CT molecular complexity index is 670. The Labute approximate surface area is 132 Å². The number of aromatic nitrogens is 2. The number of nitrogens with zero attached hydrogens (tertiary/aromatic N) is 2. The molecule has 7 heteroatoms. The van der Waals surface area contributed by atoms with E-state index in [2.05, 4.69) is 10.3 Å². The third-order valence-corrected chi connectivity index (χ3v) is 3.53. The van der Waals surface area contributed by atoms with Crippen molar-refractivity contribution in [2.24, 2.45) is 5.92 Å². The number of fused-ring (bicyclic) bond motifs is 1. The average molecular weight is 332 g/mol. The van der Waals surface area contributed by atoms with Gasteiger partial charge >= 0.3 is 0 Å². The molecule has 0 saturated heterocycles. The molecular weight excluding hydrogens is 316 g/mol. The van der Waals surface area contributed by atoms with Crippen LogP contribution in [-0.4, -0.2) is 22.0 Å². The zero-order chi connectivity index (χ0) is 15.6. The Balaban J connectivity index is 2.33. The zero-order valence-electron chi connectivity index (χ0n) is 11.8. The third-order valence-electron chi connectivity index (χ3n) is 3.00. The van der Waals surface area contributed by atoms with Crippen LogP contribution in [0.15, 0.2) is 12.1 Å². The molecule has 0 atom stereocenters. The van der Waals surface area contributed by atoms with Gasteiger partial charge in [0.05, 0.1) is 21.9 Å². The molecule has 0 aliphatic rings. The van der Waals surface area contributed by atoms with Crippen molar-refractivity contribution in [1.82, 2.24) is 14.9 Å². The smallest absolute Gasteiger partial charge is 0.240 e. The fourth-order valence-electron chi connectivity index (χ4n) is 1.97. The van der Waals surface area contributed by atoms with E-state index in [1.165, 1.54) is 12.1 Å². The molecule has 0 aliphatic carbocycles. The summed E-state index contributed by atoms with van der Waals surface area (Å²) in [6.45, 7) is 4.65. The van der Waals surface area contributed by atoms with E-state index in [9.17, 15) is 9.18 Å². The molecule has 0 bridgehead atoms. The van der Waals surface area contributed by atoms with E-state index in [1.54, 1.807) is 4.57 Å². The van der Waals surface area contributed by atoms with Crippen LogP contribution in [0.1, 0.15) is 19.7 Å². The van der Waals surface area contributed by atoms with Crippen molar-refractivity contribution in [3.8, 4) is 0 Å². The van der Waals surface area contributed by atoms with Crippen LogP contribution >= 0.6 is 23.2 Å². The highest BCUT2D eigenvalue weighted by Gasteiger charge is 2.15. The van der Waals surface area contributed by atoms with Gasteiger partial charge in [0.1, 0.15) is 18.2 Å². The van der Waals surface area contributed by atoms with Crippen molar-refractivity contribution in [3.63, 3.8) is 0 Å². The van der Waals surface area contributed by atoms with Gasteiger partial charge in [0, 0.05) is 12.6 Å². The SMILES string of the molecule is CC(C)CNC(=O)Cn1c(CCl)nc2cc(Cl)c(F)cc21. The fourth-order valence-corrected chi connectivity index (χ4v) is 2.33. The van der Waals surface area contributed by atoms with Crippen molar-refractivity contribution in [1.29, 1.82) is 0 Å². The number of carbonyl (C=O) groups is 1. The molecule has 2 rings (SSSR count). The summed E-state index contributed by atoms with van der Waals surface area (Å²) in [4.78, 5) is 16.2. The van der Waals surface area contributed by atoms with Gasteiger partial charge in [-0.3, -0.25) is 4.79 Å². The molecule has 1 N–H and O–H groups in total. The zero-order valence-corrected chi connectivity index (χ0v) is 13.3. The Kier molecular flexibility index (Phi) is 5.06. The Morgan fingerprint density at radius 1 is 1.48 bits per heavy atom. The molecule has 0 radical (unpaired) electrons. The molecule has 4 nitrogen and oxygen atoms in total. The van der Waals surface area contributed by atoms with Gasteiger partial charge < -0.3 is 9.88 Å². The van der Waals surface area contributed by atoms with Crippen LogP contribution in [0.2, 0.25) is 5.02 Å². The summed E-state index contributed by atoms with van der Waals surface area (Å²) in [6, 6.07) is 2.71. The minimum absolute atomic E-state index is 0.00229. The second-order valence-electron chi connectivity index (χ2n) is 5.20. The second kappa shape index (κ2) is 6.62. The number of rotatable bonds is 5. The Morgan fingerprint density at radius 2 is 2.19 bits per heavy atom. The van der Waals surface area contributed by atoms with Crippen molar-refractivity contribution in [2.75, 3.05) is 6.54 Å². The lowest BCUT2D eigenvalue weighted by Crippen LogP contribution is -2.31. The molecule has 21 heavy (non-hydrogen) atoms. The summed E-state index contributed by atoms with van der Waals surface area (Å²) in [6.07, 6.45) is 0. The van der Waals surface area contributed by atoms with E-state index in [4.69, 9.17) is 23.2 Å². The van der Waals surface area contributed by atoms with E-state index >= 15 is 0 Å². The first kappa shape index (κ1) is 16.0. The molecule has 1 aromatic carbocycles. The first-order valence-electron chi connectivity index (χ1n) is 6.59. The lowest BCUT2D eigenvalue weighted by molar-refractivity contribution is -0.121. The Morgan fingerprint density at radius 3 is 2.81 bits per heavy atom. The van der Waals surface area contributed by atoms with Crippen LogP contribution in [0.4, 0.5) is 4.39 Å². The fraction of sp³-hybridized carbons (Fsp3) is 0.429. The van der Waals surface area contributed by atoms with E-state index in [1.807, 2.05) is 13.8 Å². The minimum atomic E-state index is -0.547. The molecule has 1 aromatic heterocycles. The van der Waals surface area contributed by atoms with Gasteiger partial charge in [0.2, 0.25) is 5.91 Å². The number of hydrogen-bond acceptors (Lipinski definition) is 2. The summed E-state index contributed by atoms with van der Waals surface area (Å²) in [5, 5.41) is 2.81. The monoisotopic (exact) mass is 331 g/mol. The topological polar surface area (TPSA) is 46.9 Å². The number of benzene rings is 1. The highest BCUT2D eigenvalue weighted by Crippen LogP contribution is 2.24. The van der Waals surface area contributed by atoms with E-state index in [0.29, 0.717) is 29.3 Å². The largest absolute Gasteiger partial charge is 0.354 e. The van der Waals surface area contributed by atoms with E-state index < -0.39 is 5.82 Å². The molecule has 0 aliphatic heterocycles. The van der Waals surface area contributed by atoms with Crippen molar-refractivity contribution < 1.29 is 9.18 Å². The van der Waals surface area contributed by atoms with Gasteiger partial charge in [-0.25, -0.2) is 9.37 Å². The van der Waals surface area contributed by atoms with Crippen LogP contribution in [0.25, 0.3) is 11.0 Å². The van der Waals surface area contributed by atoms with Gasteiger partial charge in [-0.05, 0) is 12.0 Å². The molecule has 0 saturated carbocycles. The second-order valence-corrected chi connectivity index (χ2v) is 5.88. The van der Waals surface area contributed by atoms with Crippen molar-refractivity contribution >= 4 is 40.1 Å². The molecule has 0 unspecified atom stereocenters. The predicted molar refractivity (Wildman–Crippen MR) is 82.1 cm³/mol. The van der Waals surface area contributed by atoms with Gasteiger partial charge in [0.15, 0.2) is 0 Å². The first-order chi connectivity index (χ1) is 9.92. The summed E-state index contributed by atoms with van der Waals surface area (Å²) < 4.78 is 15.2. The highest BCUT2D eigenvalue weighted by molar-refractivity contribution is 6.31. The van der Waals surface area contributed by atoms with Gasteiger partial charge in [-0.1, -0.05) is 25.4 Å². The first-order valence-corrected chi connectivity index (χ1v) is 7.50. The minimum Gasteiger partial charge on any atom is -0.354 e. The summed E-state index contributed by atoms with van der Waals surface area (Å²) >= 11 is 11.6. The van der Waals surface area contributed by atoms with Gasteiger partial charge in [-0.2, -0.15) is 0 Å². The van der Waals surface area contributed by atoms with Crippen LogP contribution in [0, 0.1) is 11.7 Å². The normalized spacial score (nSPS) is 11.3. The molecule has 2 aromatic rings. The van der Waals surface area contributed by atoms with Gasteiger partial charge in [-0.15, -0.1) is 11.6 Å². The number of alkyl halides is 1. The summed E-state index contributed by atoms with van der Waals surface area (Å²) in [5.74, 6) is 0.287. The van der Waals surface area contributed by atoms with Crippen LogP contribution in [-0.2, 0) is 17.2 Å². The van der Waals surface area contributed by atoms with E-state index in [-0.39, 0.29) is 23.4 Å². The lowest BCUT2D eigenvalue weighted by Gasteiger charge is -2.10. The van der Waals surface area contributed by atoms with Crippen LogP contribution < -0.4 is 5.32 Å². The molecule has 1 heterocycles. The van der Waals surface area contributed by atoms with Crippen molar-refractivity contribution in [3.05, 3.63) is 28.8 Å². The predicted octanol–water partition coefficient (Wildman–Crippen LogP) is 3.34. The maximum absolute atomic E-state index is 13.6. The summed E-state index contributed by atoms with van der Waals surface area (Å²) in [5.41, 5.74) is 1.03. The third kappa shape index (κ3) is 3.66. The Hall–Kier alpha value is -1.33. The highest BCUT2D eigenvalue weighted by atomic mass is 35.5. The maximum atomic E-state index is 13.6. The number of carbonyl (C=O) groups excluding carboxylic acids is 1. The maximum Gasteiger partial charge on any atom is 0.240 e. The van der Waals surface area contributed by atoms with Crippen LogP contribution in [0.3, 0.4) is 0 Å². The molecular formula is C14H16Cl2FN3O. The average Bonchev–Trinajstić information content (AvgIpc) is 2.74. The number of hydrogen-bond donors (Lipinski definition) is 1. The van der Waals surface area contributed by atoms with Crippen molar-refractivity contribution in [2.45, 2.75) is 26.3 Å². The number of nitrogens with one attached hydrogen (secondary N) is 1. The molecule has 114 valence electrons. The standard InChI is InChI=1S/C14H16Cl2FN3O/c1-8(2)6-18-14(21)7-20-12-4-10(17)9(16)3-11(12)19-13(20)5-15/h3-4,8H,5-7H2,1-2H3,(H,18,21). The molecule has 0 fully saturated rings. The van der Waals surface area contributed by atoms with Crippen LogP contribution in [0.5, 0.6) is 0 Å². The quantitative estimate of drug-likeness (QED) is 0.854. The lowest BCUT2D eigenvalue weighted by atomic mass is 10.2. The molecule has 0 spiro atoms. The number of imidazole rings is 1. The number of halogens is 3. The summed E-state index contributed by atoms with van der Waals surface area (Å²) in [7, 11) is 0. The number of amides is 1.